The molecule has 5 heteroatoms. The van der Waals surface area contributed by atoms with Gasteiger partial charge in [0.25, 0.3) is 0 Å². The number of aliphatic hydroxyl groups is 1. The molecule has 0 spiro atoms. The minimum atomic E-state index is 0.212. The van der Waals surface area contributed by atoms with E-state index in [4.69, 9.17) is 10.1 Å². The van der Waals surface area contributed by atoms with Crippen LogP contribution in [0, 0.1) is 0 Å². The van der Waals surface area contributed by atoms with E-state index in [9.17, 15) is 0 Å². The molecule has 1 aromatic heterocycles. The van der Waals surface area contributed by atoms with Gasteiger partial charge in [-0.2, -0.15) is 0 Å². The zero-order chi connectivity index (χ0) is 15.6. The lowest BCUT2D eigenvalue weighted by atomic mass is 10.2. The molecule has 0 saturated heterocycles. The lowest BCUT2D eigenvalue weighted by Crippen LogP contribution is -2.14. The number of para-hydroxylation sites is 1. The van der Waals surface area contributed by atoms with Crippen LogP contribution in [0.1, 0.15) is 37.8 Å². The number of anilines is 1. The first-order chi connectivity index (χ1) is 11.3. The molecule has 23 heavy (non-hydrogen) atoms. The number of nitrogens with zero attached hydrogens (tertiary/aromatic N) is 1. The highest BCUT2D eigenvalue weighted by Gasteiger charge is 2.21. The van der Waals surface area contributed by atoms with Gasteiger partial charge in [-0.25, -0.2) is 0 Å². The highest BCUT2D eigenvalue weighted by Crippen LogP contribution is 2.31. The summed E-state index contributed by atoms with van der Waals surface area (Å²) in [7, 11) is 0. The van der Waals surface area contributed by atoms with Gasteiger partial charge in [-0.1, -0.05) is 25.0 Å². The topological polar surface area (TPSA) is 60.4 Å². The standard InChI is InChI=1S/C18H23N3OS/c22-9-8-14-11-23-18(20-14)16-10-12-4-3-7-15(17(12)21-16)19-13-5-1-2-6-13/h3-4,7,10,13-14,19,21-22H,1-2,5-6,8-9,11H2. The van der Waals surface area contributed by atoms with Crippen LogP contribution in [-0.4, -0.2) is 39.6 Å². The number of H-pyrrole nitrogens is 1. The number of aliphatic imine (C=N–C) groups is 1. The molecule has 1 atom stereocenters. The second kappa shape index (κ2) is 6.57. The summed E-state index contributed by atoms with van der Waals surface area (Å²) < 4.78 is 0. The van der Waals surface area contributed by atoms with Crippen LogP contribution in [0.15, 0.2) is 29.3 Å². The van der Waals surface area contributed by atoms with E-state index in [1.54, 1.807) is 11.8 Å². The number of aromatic nitrogens is 1. The predicted molar refractivity (Wildman–Crippen MR) is 98.7 cm³/mol. The van der Waals surface area contributed by atoms with Gasteiger partial charge < -0.3 is 15.4 Å². The molecule has 1 unspecified atom stereocenters. The minimum absolute atomic E-state index is 0.212. The van der Waals surface area contributed by atoms with E-state index in [2.05, 4.69) is 34.6 Å². The lowest BCUT2D eigenvalue weighted by Gasteiger charge is -2.14. The van der Waals surface area contributed by atoms with E-state index in [1.165, 1.54) is 42.3 Å². The van der Waals surface area contributed by atoms with E-state index >= 15 is 0 Å². The van der Waals surface area contributed by atoms with Crippen molar-refractivity contribution >= 4 is 33.4 Å². The molecule has 0 radical (unpaired) electrons. The molecule has 1 fully saturated rings. The van der Waals surface area contributed by atoms with Crippen molar-refractivity contribution in [2.24, 2.45) is 4.99 Å². The van der Waals surface area contributed by atoms with Gasteiger partial charge >= 0.3 is 0 Å². The second-order valence-corrected chi connectivity index (χ2v) is 7.50. The number of fused-ring (bicyclic) bond motifs is 1. The third-order valence-corrected chi connectivity index (χ3v) is 5.93. The Labute approximate surface area is 140 Å². The molecule has 122 valence electrons. The van der Waals surface area contributed by atoms with Crippen molar-refractivity contribution in [2.45, 2.75) is 44.2 Å². The van der Waals surface area contributed by atoms with E-state index in [1.807, 2.05) is 0 Å². The molecular formula is C18H23N3OS. The quantitative estimate of drug-likeness (QED) is 0.782. The summed E-state index contributed by atoms with van der Waals surface area (Å²) in [6.07, 6.45) is 5.97. The molecule has 1 saturated carbocycles. The molecule has 1 aromatic carbocycles. The number of aliphatic hydroxyl groups excluding tert-OH is 1. The number of aromatic amines is 1. The molecule has 2 heterocycles. The highest BCUT2D eigenvalue weighted by atomic mass is 32.2. The molecule has 4 nitrogen and oxygen atoms in total. The van der Waals surface area contributed by atoms with Crippen LogP contribution in [0.2, 0.25) is 0 Å². The third-order valence-electron chi connectivity index (χ3n) is 4.78. The van der Waals surface area contributed by atoms with Gasteiger partial charge in [-0.15, -0.1) is 11.8 Å². The Balaban J connectivity index is 1.61. The highest BCUT2D eigenvalue weighted by molar-refractivity contribution is 8.14. The number of thioether (sulfide) groups is 1. The number of benzene rings is 1. The first-order valence-corrected chi connectivity index (χ1v) is 9.52. The summed E-state index contributed by atoms with van der Waals surface area (Å²) in [5.41, 5.74) is 3.49. The van der Waals surface area contributed by atoms with Crippen molar-refractivity contribution in [1.82, 2.24) is 4.98 Å². The summed E-state index contributed by atoms with van der Waals surface area (Å²) >= 11 is 1.78. The van der Waals surface area contributed by atoms with E-state index < -0.39 is 0 Å². The van der Waals surface area contributed by atoms with Crippen molar-refractivity contribution in [3.8, 4) is 0 Å². The molecular weight excluding hydrogens is 306 g/mol. The predicted octanol–water partition coefficient (Wildman–Crippen LogP) is 3.77. The van der Waals surface area contributed by atoms with Crippen LogP contribution in [0.25, 0.3) is 10.9 Å². The fourth-order valence-electron chi connectivity index (χ4n) is 3.54. The fraction of sp³-hybridized carbons (Fsp3) is 0.500. The van der Waals surface area contributed by atoms with E-state index in [0.29, 0.717) is 6.04 Å². The summed E-state index contributed by atoms with van der Waals surface area (Å²) in [5.74, 6) is 0.971. The van der Waals surface area contributed by atoms with Gasteiger partial charge in [-0.3, -0.25) is 4.99 Å². The van der Waals surface area contributed by atoms with Gasteiger partial charge in [0.15, 0.2) is 0 Å². The Morgan fingerprint density at radius 1 is 1.30 bits per heavy atom. The third kappa shape index (κ3) is 3.12. The molecule has 2 aromatic rings. The van der Waals surface area contributed by atoms with Crippen molar-refractivity contribution in [3.63, 3.8) is 0 Å². The van der Waals surface area contributed by atoms with Crippen molar-refractivity contribution < 1.29 is 5.11 Å². The Morgan fingerprint density at radius 3 is 3.00 bits per heavy atom. The van der Waals surface area contributed by atoms with Crippen LogP contribution in [0.3, 0.4) is 0 Å². The lowest BCUT2D eigenvalue weighted by molar-refractivity contribution is 0.280. The molecule has 2 aliphatic rings. The number of nitrogens with one attached hydrogen (secondary N) is 2. The average Bonchev–Trinajstić information content (AvgIpc) is 3.27. The van der Waals surface area contributed by atoms with Crippen molar-refractivity contribution in [2.75, 3.05) is 17.7 Å². The Kier molecular flexibility index (Phi) is 4.31. The number of hydrogen-bond donors (Lipinski definition) is 3. The maximum atomic E-state index is 9.08. The second-order valence-electron chi connectivity index (χ2n) is 6.49. The first kappa shape index (κ1) is 15.1. The monoisotopic (exact) mass is 329 g/mol. The van der Waals surface area contributed by atoms with Crippen LogP contribution in [-0.2, 0) is 0 Å². The molecule has 1 aliphatic heterocycles. The zero-order valence-corrected chi connectivity index (χ0v) is 14.0. The van der Waals surface area contributed by atoms with Crippen LogP contribution in [0.4, 0.5) is 5.69 Å². The van der Waals surface area contributed by atoms with Gasteiger partial charge in [0, 0.05) is 23.8 Å². The molecule has 1 aliphatic carbocycles. The molecule has 4 rings (SSSR count). The van der Waals surface area contributed by atoms with Gasteiger partial charge in [0.05, 0.1) is 22.9 Å². The smallest absolute Gasteiger partial charge is 0.114 e. The first-order valence-electron chi connectivity index (χ1n) is 8.53. The molecule has 0 amide bonds. The normalized spacial score (nSPS) is 22.0. The van der Waals surface area contributed by atoms with E-state index in [0.717, 1.165) is 22.9 Å². The summed E-state index contributed by atoms with van der Waals surface area (Å²) in [5, 5.41) is 15.1. The Morgan fingerprint density at radius 2 is 2.17 bits per heavy atom. The summed E-state index contributed by atoms with van der Waals surface area (Å²) in [6, 6.07) is 9.50. The van der Waals surface area contributed by atoms with Crippen molar-refractivity contribution in [3.05, 3.63) is 30.0 Å². The van der Waals surface area contributed by atoms with Crippen molar-refractivity contribution in [1.29, 1.82) is 0 Å². The van der Waals surface area contributed by atoms with Gasteiger partial charge in [0.1, 0.15) is 5.04 Å². The molecule has 3 N–H and O–H groups in total. The summed E-state index contributed by atoms with van der Waals surface area (Å²) in [4.78, 5) is 8.31. The average molecular weight is 329 g/mol. The van der Waals surface area contributed by atoms with Crippen LogP contribution >= 0.6 is 11.8 Å². The zero-order valence-electron chi connectivity index (χ0n) is 13.2. The largest absolute Gasteiger partial charge is 0.396 e. The van der Waals surface area contributed by atoms with Crippen LogP contribution in [0.5, 0.6) is 0 Å². The van der Waals surface area contributed by atoms with Gasteiger partial charge in [0.2, 0.25) is 0 Å². The maximum absolute atomic E-state index is 9.08. The maximum Gasteiger partial charge on any atom is 0.114 e. The Bertz CT molecular complexity index is 718. The molecule has 0 bridgehead atoms. The SMILES string of the molecule is OCCC1CSC(c2cc3cccc(NC4CCCC4)c3[nH]2)=N1. The minimum Gasteiger partial charge on any atom is -0.396 e. The number of rotatable bonds is 5. The summed E-state index contributed by atoms with van der Waals surface area (Å²) in [6.45, 7) is 0.212. The van der Waals surface area contributed by atoms with E-state index in [-0.39, 0.29) is 12.6 Å². The van der Waals surface area contributed by atoms with Crippen LogP contribution < -0.4 is 5.32 Å². The fourth-order valence-corrected chi connectivity index (χ4v) is 4.62. The number of hydrogen-bond acceptors (Lipinski definition) is 4. The van der Waals surface area contributed by atoms with Gasteiger partial charge in [-0.05, 0) is 31.4 Å². The Hall–Kier alpha value is -1.46.